The molecule has 0 fully saturated rings. The van der Waals surface area contributed by atoms with Crippen molar-refractivity contribution in [2.24, 2.45) is 0 Å². The molecule has 1 atom stereocenters. The van der Waals surface area contributed by atoms with Crippen molar-refractivity contribution in [3.05, 3.63) is 65.2 Å². The summed E-state index contributed by atoms with van der Waals surface area (Å²) in [4.78, 5) is 4.14. The summed E-state index contributed by atoms with van der Waals surface area (Å²) in [7, 11) is 0. The van der Waals surface area contributed by atoms with Crippen LogP contribution in [0.5, 0.6) is 0 Å². The number of aromatic nitrogens is 1. The lowest BCUT2D eigenvalue weighted by molar-refractivity contribution is 0.504. The Morgan fingerprint density at radius 2 is 1.89 bits per heavy atom. The molecule has 0 spiro atoms. The zero-order valence-electron chi connectivity index (χ0n) is 11.4. The molecule has 0 aliphatic carbocycles. The van der Waals surface area contributed by atoms with Crippen molar-refractivity contribution >= 4 is 0 Å². The fourth-order valence-electron chi connectivity index (χ4n) is 2.00. The maximum Gasteiger partial charge on any atom is 0.141 e. The molecule has 100 valence electrons. The predicted octanol–water partition coefficient (Wildman–Crippen LogP) is 3.77. The number of nitrogens with zero attached hydrogens (tertiary/aromatic N) is 1. The van der Waals surface area contributed by atoms with Gasteiger partial charge >= 0.3 is 0 Å². The van der Waals surface area contributed by atoms with E-state index in [1.165, 1.54) is 23.4 Å². The molecule has 1 N–H and O–H groups in total. The predicted molar refractivity (Wildman–Crippen MR) is 75.2 cm³/mol. The summed E-state index contributed by atoms with van der Waals surface area (Å²) in [5.74, 6) is -0.294. The summed E-state index contributed by atoms with van der Waals surface area (Å²) >= 11 is 0. The zero-order chi connectivity index (χ0) is 13.7. The summed E-state index contributed by atoms with van der Waals surface area (Å²) < 4.78 is 12.9. The Bertz CT molecular complexity index is 505. The van der Waals surface area contributed by atoms with Crippen molar-refractivity contribution in [1.82, 2.24) is 10.3 Å². The topological polar surface area (TPSA) is 24.9 Å². The van der Waals surface area contributed by atoms with Crippen molar-refractivity contribution in [2.75, 3.05) is 0 Å². The number of halogens is 1. The number of benzene rings is 1. The second kappa shape index (κ2) is 6.43. The number of pyridine rings is 1. The average molecular weight is 258 g/mol. The minimum absolute atomic E-state index is 0.155. The molecule has 2 aromatic rings. The molecule has 2 rings (SSSR count). The summed E-state index contributed by atoms with van der Waals surface area (Å²) in [5.41, 5.74) is 3.39. The van der Waals surface area contributed by atoms with Gasteiger partial charge in [-0.1, -0.05) is 36.8 Å². The van der Waals surface area contributed by atoms with Gasteiger partial charge in [0.05, 0.1) is 11.9 Å². The van der Waals surface area contributed by atoms with E-state index in [-0.39, 0.29) is 11.9 Å². The van der Waals surface area contributed by atoms with Crippen molar-refractivity contribution < 1.29 is 4.39 Å². The van der Waals surface area contributed by atoms with E-state index in [1.807, 2.05) is 0 Å². The third-order valence-electron chi connectivity index (χ3n) is 3.19. The van der Waals surface area contributed by atoms with Crippen LogP contribution in [0.4, 0.5) is 4.39 Å². The molecule has 0 bridgehead atoms. The highest BCUT2D eigenvalue weighted by Crippen LogP contribution is 2.15. The van der Waals surface area contributed by atoms with E-state index in [9.17, 15) is 4.39 Å². The molecule has 0 amide bonds. The average Bonchev–Trinajstić information content (AvgIpc) is 2.43. The Morgan fingerprint density at radius 1 is 1.16 bits per heavy atom. The fourth-order valence-corrected chi connectivity index (χ4v) is 2.00. The first-order chi connectivity index (χ1) is 9.19. The van der Waals surface area contributed by atoms with Gasteiger partial charge < -0.3 is 5.32 Å². The Kier molecular flexibility index (Phi) is 4.63. The molecule has 1 heterocycles. The number of hydrogen-bond acceptors (Lipinski definition) is 2. The molecular weight excluding hydrogens is 239 g/mol. The van der Waals surface area contributed by atoms with Crippen LogP contribution in [0, 0.1) is 12.7 Å². The molecule has 0 radical (unpaired) electrons. The number of rotatable bonds is 5. The molecule has 19 heavy (non-hydrogen) atoms. The van der Waals surface area contributed by atoms with Crippen LogP contribution in [0.15, 0.2) is 42.6 Å². The molecule has 0 saturated heterocycles. The maximum absolute atomic E-state index is 12.9. The van der Waals surface area contributed by atoms with Crippen LogP contribution in [0.25, 0.3) is 0 Å². The molecule has 1 aromatic heterocycles. The monoisotopic (exact) mass is 258 g/mol. The van der Waals surface area contributed by atoms with Gasteiger partial charge in [-0.05, 0) is 31.0 Å². The first kappa shape index (κ1) is 13.7. The lowest BCUT2D eigenvalue weighted by Gasteiger charge is -2.16. The SMILES string of the molecule is CCC(NCc1ccc(C)cc1)c1ccc(F)cn1. The minimum Gasteiger partial charge on any atom is -0.305 e. The number of aryl methyl sites for hydroxylation is 1. The van der Waals surface area contributed by atoms with Crippen LogP contribution in [0.1, 0.15) is 36.2 Å². The fraction of sp³-hybridized carbons (Fsp3) is 0.312. The second-order valence-electron chi connectivity index (χ2n) is 4.73. The highest BCUT2D eigenvalue weighted by Gasteiger charge is 2.10. The Labute approximate surface area is 113 Å². The van der Waals surface area contributed by atoms with Gasteiger partial charge in [-0.2, -0.15) is 0 Å². The van der Waals surface area contributed by atoms with Gasteiger partial charge in [0.15, 0.2) is 0 Å². The van der Waals surface area contributed by atoms with E-state index >= 15 is 0 Å². The third kappa shape index (κ3) is 3.86. The van der Waals surface area contributed by atoms with Crippen LogP contribution in [-0.2, 0) is 6.54 Å². The van der Waals surface area contributed by atoms with Gasteiger partial charge in [-0.3, -0.25) is 4.98 Å². The van der Waals surface area contributed by atoms with Gasteiger partial charge in [0, 0.05) is 12.6 Å². The van der Waals surface area contributed by atoms with Crippen LogP contribution in [-0.4, -0.2) is 4.98 Å². The van der Waals surface area contributed by atoms with Crippen LogP contribution in [0.3, 0.4) is 0 Å². The molecular formula is C16H19FN2. The van der Waals surface area contributed by atoms with E-state index in [0.29, 0.717) is 0 Å². The molecule has 2 nitrogen and oxygen atoms in total. The lowest BCUT2D eigenvalue weighted by atomic mass is 10.1. The maximum atomic E-state index is 12.9. The van der Waals surface area contributed by atoms with Crippen molar-refractivity contribution in [3.63, 3.8) is 0 Å². The van der Waals surface area contributed by atoms with Gasteiger partial charge in [0.2, 0.25) is 0 Å². The minimum atomic E-state index is -0.294. The summed E-state index contributed by atoms with van der Waals surface area (Å²) in [6.07, 6.45) is 2.19. The largest absolute Gasteiger partial charge is 0.305 e. The van der Waals surface area contributed by atoms with E-state index in [4.69, 9.17) is 0 Å². The Balaban J connectivity index is 1.99. The van der Waals surface area contributed by atoms with Crippen LogP contribution < -0.4 is 5.32 Å². The highest BCUT2D eigenvalue weighted by molar-refractivity contribution is 5.21. The van der Waals surface area contributed by atoms with Gasteiger partial charge in [-0.15, -0.1) is 0 Å². The van der Waals surface area contributed by atoms with Gasteiger partial charge in [-0.25, -0.2) is 4.39 Å². The van der Waals surface area contributed by atoms with Crippen LogP contribution in [0.2, 0.25) is 0 Å². The first-order valence-electron chi connectivity index (χ1n) is 6.59. The standard InChI is InChI=1S/C16H19FN2/c1-3-15(16-9-8-14(17)11-19-16)18-10-13-6-4-12(2)5-7-13/h4-9,11,15,18H,3,10H2,1-2H3. The van der Waals surface area contributed by atoms with E-state index in [1.54, 1.807) is 6.07 Å². The molecule has 0 saturated carbocycles. The van der Waals surface area contributed by atoms with Crippen molar-refractivity contribution in [1.29, 1.82) is 0 Å². The van der Waals surface area contributed by atoms with Gasteiger partial charge in [0.25, 0.3) is 0 Å². The second-order valence-corrected chi connectivity index (χ2v) is 4.73. The number of hydrogen-bond donors (Lipinski definition) is 1. The molecule has 3 heteroatoms. The third-order valence-corrected chi connectivity index (χ3v) is 3.19. The highest BCUT2D eigenvalue weighted by atomic mass is 19.1. The quantitative estimate of drug-likeness (QED) is 0.883. The summed E-state index contributed by atoms with van der Waals surface area (Å²) in [5, 5.41) is 3.46. The van der Waals surface area contributed by atoms with Crippen molar-refractivity contribution in [3.8, 4) is 0 Å². The smallest absolute Gasteiger partial charge is 0.141 e. The number of nitrogens with one attached hydrogen (secondary N) is 1. The van der Waals surface area contributed by atoms with E-state index < -0.39 is 0 Å². The molecule has 1 unspecified atom stereocenters. The van der Waals surface area contributed by atoms with Gasteiger partial charge in [0.1, 0.15) is 5.82 Å². The normalized spacial score (nSPS) is 12.4. The first-order valence-corrected chi connectivity index (χ1v) is 6.59. The lowest BCUT2D eigenvalue weighted by Crippen LogP contribution is -2.21. The van der Waals surface area contributed by atoms with E-state index in [0.717, 1.165) is 18.7 Å². The Hall–Kier alpha value is -1.74. The Morgan fingerprint density at radius 3 is 2.47 bits per heavy atom. The zero-order valence-corrected chi connectivity index (χ0v) is 11.4. The van der Waals surface area contributed by atoms with Crippen molar-refractivity contribution in [2.45, 2.75) is 32.9 Å². The molecule has 0 aliphatic rings. The summed E-state index contributed by atoms with van der Waals surface area (Å²) in [6.45, 7) is 4.96. The molecule has 0 aliphatic heterocycles. The molecule has 1 aromatic carbocycles. The van der Waals surface area contributed by atoms with E-state index in [2.05, 4.69) is 48.4 Å². The summed E-state index contributed by atoms with van der Waals surface area (Å²) in [6, 6.07) is 11.8. The van der Waals surface area contributed by atoms with Crippen LogP contribution >= 0.6 is 0 Å².